The third-order valence-electron chi connectivity index (χ3n) is 0.327. The zero-order chi connectivity index (χ0) is 5.91. The summed E-state index contributed by atoms with van der Waals surface area (Å²) in [6.45, 7) is 1.80. The topological polar surface area (TPSA) is 66.4 Å². The molecule has 8 heavy (non-hydrogen) atoms. The van der Waals surface area contributed by atoms with Crippen molar-refractivity contribution in [1.29, 1.82) is 0 Å². The van der Waals surface area contributed by atoms with Gasteiger partial charge in [0, 0.05) is 6.54 Å². The molecular weight excluding hydrogens is 137 g/mol. The summed E-state index contributed by atoms with van der Waals surface area (Å²) in [5.41, 5.74) is 0. The molecule has 6 heteroatoms. The van der Waals surface area contributed by atoms with Crippen molar-refractivity contribution in [3.8, 4) is 0 Å². The number of hydrogen-bond donors (Lipinski definition) is 2. The Kier molecular flexibility index (Phi) is 5.04. The van der Waals surface area contributed by atoms with E-state index in [-0.39, 0.29) is 11.2 Å². The molecule has 0 amide bonds. The lowest BCUT2D eigenvalue weighted by molar-refractivity contribution is 0.469. The Morgan fingerprint density at radius 2 is 2.00 bits per heavy atom. The van der Waals surface area contributed by atoms with Crippen molar-refractivity contribution in [3.63, 3.8) is 0 Å². The minimum atomic E-state index is -3.92. The maximum Gasteiger partial charge on any atom is 0.333 e. The van der Waals surface area contributed by atoms with Gasteiger partial charge in [0.1, 0.15) is 0 Å². The molecule has 0 saturated carbocycles. The van der Waals surface area contributed by atoms with Gasteiger partial charge in [0.25, 0.3) is 0 Å². The molecule has 0 aromatic heterocycles. The number of halogens is 1. The van der Waals surface area contributed by atoms with Gasteiger partial charge in [-0.3, -0.25) is 9.26 Å². The minimum Gasteiger partial charge on any atom is -0.273 e. The molecule has 0 saturated heterocycles. The van der Waals surface area contributed by atoms with Gasteiger partial charge in [0.15, 0.2) is 0 Å². The first-order valence-corrected chi connectivity index (χ1v) is 3.22. The molecule has 0 unspecified atom stereocenters. The summed E-state index contributed by atoms with van der Waals surface area (Å²) in [5.74, 6) is 0. The summed E-state index contributed by atoms with van der Waals surface area (Å²) in [5, 5.41) is 0. The summed E-state index contributed by atoms with van der Waals surface area (Å²) in [6.07, 6.45) is 0. The second kappa shape index (κ2) is 3.76. The summed E-state index contributed by atoms with van der Waals surface area (Å²) >= 11 is 0. The van der Waals surface area contributed by atoms with E-state index in [1.54, 1.807) is 6.92 Å². The van der Waals surface area contributed by atoms with Crippen LogP contribution in [0.5, 0.6) is 0 Å². The lowest BCUT2D eigenvalue weighted by Crippen LogP contribution is -2.21. The van der Waals surface area contributed by atoms with E-state index >= 15 is 0 Å². The van der Waals surface area contributed by atoms with Crippen LogP contribution in [0, 0.1) is 0 Å². The zero-order valence-electron chi connectivity index (χ0n) is 4.29. The van der Waals surface area contributed by atoms with E-state index < -0.39 is 10.3 Å². The van der Waals surface area contributed by atoms with Gasteiger partial charge in [0.2, 0.25) is 0 Å². The van der Waals surface area contributed by atoms with E-state index in [0.29, 0.717) is 0 Å². The van der Waals surface area contributed by atoms with Crippen LogP contribution in [0.4, 0.5) is 4.70 Å². The lowest BCUT2D eigenvalue weighted by atomic mass is 10.8. The van der Waals surface area contributed by atoms with Gasteiger partial charge in [0.05, 0.1) is 0 Å². The summed E-state index contributed by atoms with van der Waals surface area (Å²) in [4.78, 5) is 0. The Hall–Kier alpha value is -0.200. The number of nitrogens with one attached hydrogen (secondary N) is 1. The van der Waals surface area contributed by atoms with Gasteiger partial charge in [-0.15, -0.1) is 0 Å². The third kappa shape index (κ3) is 9.25. The van der Waals surface area contributed by atoms with Crippen molar-refractivity contribution >= 4 is 10.3 Å². The van der Waals surface area contributed by atoms with E-state index in [4.69, 9.17) is 4.55 Å². The molecule has 0 radical (unpaired) electrons. The summed E-state index contributed by atoms with van der Waals surface area (Å²) in [7, 11) is -3.92. The Labute approximate surface area is 47.1 Å². The Morgan fingerprint density at radius 3 is 2.00 bits per heavy atom. The van der Waals surface area contributed by atoms with E-state index in [0.717, 1.165) is 0 Å². The van der Waals surface area contributed by atoms with E-state index in [2.05, 4.69) is 0 Å². The van der Waals surface area contributed by atoms with E-state index in [1.807, 2.05) is 4.72 Å². The Bertz CT molecular complexity index is 130. The van der Waals surface area contributed by atoms with Gasteiger partial charge in [-0.2, -0.15) is 13.1 Å². The van der Waals surface area contributed by atoms with Crippen LogP contribution in [0.15, 0.2) is 0 Å². The standard InChI is InChI=1S/C2H7NO3S.FH/c1-2-3-7(4,5)6;/h3H,2H2,1H3,(H,4,5,6);1H. The number of rotatable bonds is 2. The molecule has 0 aromatic carbocycles. The molecule has 0 aliphatic carbocycles. The normalized spacial score (nSPS) is 10.2. The molecule has 0 aliphatic heterocycles. The minimum absolute atomic E-state index is 0. The molecule has 0 atom stereocenters. The van der Waals surface area contributed by atoms with Gasteiger partial charge >= 0.3 is 10.3 Å². The Balaban J connectivity index is 0. The average molecular weight is 145 g/mol. The van der Waals surface area contributed by atoms with Crippen molar-refractivity contribution < 1.29 is 17.7 Å². The maximum absolute atomic E-state index is 9.68. The van der Waals surface area contributed by atoms with Crippen molar-refractivity contribution in [3.05, 3.63) is 0 Å². The van der Waals surface area contributed by atoms with Crippen LogP contribution >= 0.6 is 0 Å². The van der Waals surface area contributed by atoms with E-state index in [9.17, 15) is 8.42 Å². The molecule has 0 bridgehead atoms. The molecule has 52 valence electrons. The second-order valence-electron chi connectivity index (χ2n) is 0.973. The fraction of sp³-hybridized carbons (Fsp3) is 1.00. The van der Waals surface area contributed by atoms with Crippen LogP contribution in [0.2, 0.25) is 0 Å². The third-order valence-corrected chi connectivity index (χ3v) is 0.980. The van der Waals surface area contributed by atoms with Crippen LogP contribution in [0.3, 0.4) is 0 Å². The first kappa shape index (κ1) is 10.7. The molecule has 4 nitrogen and oxygen atoms in total. The SMILES string of the molecule is CCNS(=O)(=O)O.F. The smallest absolute Gasteiger partial charge is 0.273 e. The van der Waals surface area contributed by atoms with Crippen molar-refractivity contribution in [2.24, 2.45) is 0 Å². The lowest BCUT2D eigenvalue weighted by Gasteiger charge is -1.90. The highest BCUT2D eigenvalue weighted by Crippen LogP contribution is 1.66. The molecule has 2 N–H and O–H groups in total. The van der Waals surface area contributed by atoms with Crippen LogP contribution in [0.1, 0.15) is 6.92 Å². The van der Waals surface area contributed by atoms with E-state index in [1.165, 1.54) is 0 Å². The molecule has 0 fully saturated rings. The van der Waals surface area contributed by atoms with Crippen LogP contribution in [-0.2, 0) is 10.3 Å². The van der Waals surface area contributed by atoms with Gasteiger partial charge in [-0.05, 0) is 0 Å². The fourth-order valence-corrected chi connectivity index (χ4v) is 0.547. The molecule has 0 aromatic rings. The predicted octanol–water partition coefficient (Wildman–Crippen LogP) is -0.449. The average Bonchev–Trinajstić information content (AvgIpc) is 1.30. The van der Waals surface area contributed by atoms with Crippen LogP contribution in [-0.4, -0.2) is 19.5 Å². The maximum atomic E-state index is 9.68. The van der Waals surface area contributed by atoms with Crippen molar-refractivity contribution in [1.82, 2.24) is 4.72 Å². The quantitative estimate of drug-likeness (QED) is 0.517. The molecule has 0 aliphatic rings. The van der Waals surface area contributed by atoms with Gasteiger partial charge in [-0.1, -0.05) is 6.92 Å². The second-order valence-corrected chi connectivity index (χ2v) is 2.21. The first-order chi connectivity index (χ1) is 3.06. The summed E-state index contributed by atoms with van der Waals surface area (Å²) < 4.78 is 29.0. The van der Waals surface area contributed by atoms with Gasteiger partial charge < -0.3 is 0 Å². The predicted molar refractivity (Wildman–Crippen MR) is 27.7 cm³/mol. The molecule has 0 heterocycles. The number of hydrogen-bond acceptors (Lipinski definition) is 2. The van der Waals surface area contributed by atoms with Gasteiger partial charge in [-0.25, -0.2) is 0 Å². The molecule has 0 rings (SSSR count). The van der Waals surface area contributed by atoms with Crippen molar-refractivity contribution in [2.75, 3.05) is 6.54 Å². The van der Waals surface area contributed by atoms with Crippen molar-refractivity contribution in [2.45, 2.75) is 6.92 Å². The summed E-state index contributed by atoms with van der Waals surface area (Å²) in [6, 6.07) is 0. The highest BCUT2D eigenvalue weighted by Gasteiger charge is 1.95. The Morgan fingerprint density at radius 1 is 1.62 bits per heavy atom. The van der Waals surface area contributed by atoms with Crippen LogP contribution in [0.25, 0.3) is 0 Å². The molecular formula is C2H8FNO3S. The monoisotopic (exact) mass is 145 g/mol. The zero-order valence-corrected chi connectivity index (χ0v) is 5.10. The first-order valence-electron chi connectivity index (χ1n) is 1.78. The largest absolute Gasteiger partial charge is 0.333 e. The fourth-order valence-electron chi connectivity index (χ4n) is 0.182. The highest BCUT2D eigenvalue weighted by molar-refractivity contribution is 7.83. The van der Waals surface area contributed by atoms with Crippen LogP contribution < -0.4 is 4.72 Å². The molecule has 0 spiro atoms. The highest BCUT2D eigenvalue weighted by atomic mass is 32.2.